The van der Waals surface area contributed by atoms with E-state index in [1.807, 2.05) is 0 Å². The molecule has 0 saturated heterocycles. The summed E-state index contributed by atoms with van der Waals surface area (Å²) in [7, 11) is -0.546. The Balaban J connectivity index is 2.21. The summed E-state index contributed by atoms with van der Waals surface area (Å²) in [6.07, 6.45) is 1.43. The Morgan fingerprint density at radius 3 is 2.75 bits per heavy atom. The number of aryl methyl sites for hydroxylation is 1. The summed E-state index contributed by atoms with van der Waals surface area (Å²) in [6.45, 7) is 0.0850. The molecule has 7 nitrogen and oxygen atoms in total. The number of hydrogen-bond donors (Lipinski definition) is 2. The zero-order valence-electron chi connectivity index (χ0n) is 11.2. The van der Waals surface area contributed by atoms with Gasteiger partial charge in [0, 0.05) is 24.8 Å². The van der Waals surface area contributed by atoms with Crippen molar-refractivity contribution in [1.29, 1.82) is 0 Å². The fourth-order valence-electron chi connectivity index (χ4n) is 1.81. The second-order valence-electron chi connectivity index (χ2n) is 4.19. The number of nitrogens with zero attached hydrogens (tertiary/aromatic N) is 2. The summed E-state index contributed by atoms with van der Waals surface area (Å²) >= 11 is 0. The Kier molecular flexibility index (Phi) is 3.96. The minimum absolute atomic E-state index is 0.0850. The predicted octanol–water partition coefficient (Wildman–Crippen LogP) is 0.489. The summed E-state index contributed by atoms with van der Waals surface area (Å²) < 4.78 is 33.2. The molecule has 0 fully saturated rings. The van der Waals surface area contributed by atoms with E-state index >= 15 is 0 Å². The van der Waals surface area contributed by atoms with Crippen molar-refractivity contribution in [2.24, 2.45) is 7.05 Å². The molecular formula is C12H16N4O3S. The molecule has 1 heterocycles. The molecular weight excluding hydrogens is 280 g/mol. The topological polar surface area (TPSA) is 99.2 Å². The van der Waals surface area contributed by atoms with Gasteiger partial charge in [-0.2, -0.15) is 5.10 Å². The molecule has 3 N–H and O–H groups in total. The first-order valence-electron chi connectivity index (χ1n) is 5.84. The van der Waals surface area contributed by atoms with E-state index in [0.717, 1.165) is 0 Å². The van der Waals surface area contributed by atoms with Crippen molar-refractivity contribution < 1.29 is 13.2 Å². The molecule has 0 radical (unpaired) electrons. The van der Waals surface area contributed by atoms with E-state index in [9.17, 15) is 8.42 Å². The number of rotatable bonds is 5. The Labute approximate surface area is 117 Å². The van der Waals surface area contributed by atoms with Crippen molar-refractivity contribution >= 4 is 15.7 Å². The number of sulfonamides is 1. The monoisotopic (exact) mass is 296 g/mol. The first-order valence-corrected chi connectivity index (χ1v) is 7.32. The highest BCUT2D eigenvalue weighted by Crippen LogP contribution is 2.21. The zero-order chi connectivity index (χ0) is 14.8. The molecule has 1 aromatic carbocycles. The largest absolute Gasteiger partial charge is 0.496 e. The van der Waals surface area contributed by atoms with Crippen LogP contribution in [0, 0.1) is 0 Å². The third-order valence-electron chi connectivity index (χ3n) is 2.81. The highest BCUT2D eigenvalue weighted by Gasteiger charge is 2.18. The van der Waals surface area contributed by atoms with Crippen molar-refractivity contribution in [2.45, 2.75) is 11.6 Å². The molecule has 0 aliphatic heterocycles. The average Bonchev–Trinajstić information content (AvgIpc) is 2.84. The molecule has 20 heavy (non-hydrogen) atoms. The van der Waals surface area contributed by atoms with Crippen LogP contribution in [-0.2, 0) is 23.6 Å². The minimum Gasteiger partial charge on any atom is -0.496 e. The third kappa shape index (κ3) is 2.91. The number of benzene rings is 1. The molecule has 0 aliphatic carbocycles. The van der Waals surface area contributed by atoms with Crippen molar-refractivity contribution in [2.75, 3.05) is 12.8 Å². The Morgan fingerprint density at radius 1 is 1.40 bits per heavy atom. The Morgan fingerprint density at radius 2 is 2.15 bits per heavy atom. The SMILES string of the molecule is COc1ccc(N)cc1CNS(=O)(=O)c1ccnn1C. The number of nitrogens with two attached hydrogens (primary N) is 1. The first-order chi connectivity index (χ1) is 9.44. The number of hydrogen-bond acceptors (Lipinski definition) is 5. The fourth-order valence-corrected chi connectivity index (χ4v) is 2.94. The van der Waals surface area contributed by atoms with Gasteiger partial charge in [0.15, 0.2) is 5.03 Å². The van der Waals surface area contributed by atoms with Gasteiger partial charge in [-0.3, -0.25) is 4.68 Å². The van der Waals surface area contributed by atoms with Gasteiger partial charge in [-0.05, 0) is 24.3 Å². The van der Waals surface area contributed by atoms with Crippen LogP contribution in [0.5, 0.6) is 5.75 Å². The van der Waals surface area contributed by atoms with Gasteiger partial charge < -0.3 is 10.5 Å². The van der Waals surface area contributed by atoms with Gasteiger partial charge in [0.05, 0.1) is 13.3 Å². The van der Waals surface area contributed by atoms with Gasteiger partial charge in [0.1, 0.15) is 5.75 Å². The van der Waals surface area contributed by atoms with Crippen LogP contribution in [0.3, 0.4) is 0 Å². The summed E-state index contributed by atoms with van der Waals surface area (Å²) in [4.78, 5) is 0. The van der Waals surface area contributed by atoms with Crippen molar-refractivity contribution in [1.82, 2.24) is 14.5 Å². The molecule has 8 heteroatoms. The molecule has 0 bridgehead atoms. The van der Waals surface area contributed by atoms with Crippen LogP contribution >= 0.6 is 0 Å². The van der Waals surface area contributed by atoms with Gasteiger partial charge in [0.2, 0.25) is 0 Å². The highest BCUT2D eigenvalue weighted by atomic mass is 32.2. The predicted molar refractivity (Wildman–Crippen MR) is 74.6 cm³/mol. The second kappa shape index (κ2) is 5.51. The summed E-state index contributed by atoms with van der Waals surface area (Å²) in [5.74, 6) is 0.576. The molecule has 0 saturated carbocycles. The lowest BCUT2D eigenvalue weighted by atomic mass is 10.2. The van der Waals surface area contributed by atoms with E-state index in [0.29, 0.717) is 17.0 Å². The van der Waals surface area contributed by atoms with E-state index in [1.54, 1.807) is 25.2 Å². The molecule has 108 valence electrons. The highest BCUT2D eigenvalue weighted by molar-refractivity contribution is 7.89. The summed E-state index contributed by atoms with van der Waals surface area (Å²) in [5, 5.41) is 3.94. The van der Waals surface area contributed by atoms with Crippen LogP contribution in [0.2, 0.25) is 0 Å². The van der Waals surface area contributed by atoms with Crippen LogP contribution in [0.4, 0.5) is 5.69 Å². The molecule has 0 aliphatic rings. The number of ether oxygens (including phenoxy) is 1. The molecule has 2 aromatic rings. The first kappa shape index (κ1) is 14.4. The second-order valence-corrected chi connectivity index (χ2v) is 5.90. The zero-order valence-corrected chi connectivity index (χ0v) is 12.0. The van der Waals surface area contributed by atoms with Crippen LogP contribution in [0.15, 0.2) is 35.5 Å². The van der Waals surface area contributed by atoms with Crippen LogP contribution in [-0.4, -0.2) is 25.3 Å². The maximum Gasteiger partial charge on any atom is 0.258 e. The molecule has 0 amide bonds. The van der Waals surface area contributed by atoms with Gasteiger partial charge >= 0.3 is 0 Å². The molecule has 0 spiro atoms. The molecule has 1 aromatic heterocycles. The fraction of sp³-hybridized carbons (Fsp3) is 0.250. The normalized spacial score (nSPS) is 11.5. The summed E-state index contributed by atoms with van der Waals surface area (Å²) in [5.41, 5.74) is 6.90. The number of anilines is 1. The van der Waals surface area contributed by atoms with Crippen molar-refractivity contribution in [3.05, 3.63) is 36.0 Å². The maximum absolute atomic E-state index is 12.1. The number of aromatic nitrogens is 2. The van der Waals surface area contributed by atoms with E-state index in [1.165, 1.54) is 24.1 Å². The van der Waals surface area contributed by atoms with Gasteiger partial charge in [-0.1, -0.05) is 0 Å². The van der Waals surface area contributed by atoms with Gasteiger partial charge in [-0.25, -0.2) is 13.1 Å². The molecule has 0 atom stereocenters. The number of methoxy groups -OCH3 is 1. The summed E-state index contributed by atoms with van der Waals surface area (Å²) in [6, 6.07) is 6.49. The quantitative estimate of drug-likeness (QED) is 0.782. The maximum atomic E-state index is 12.1. The smallest absolute Gasteiger partial charge is 0.258 e. The minimum atomic E-state index is -3.63. The standard InChI is InChI=1S/C12H16N4O3S/c1-16-12(5-6-14-16)20(17,18)15-8-9-7-10(13)3-4-11(9)19-2/h3-7,15H,8,13H2,1-2H3. The van der Waals surface area contributed by atoms with E-state index < -0.39 is 10.0 Å². The lowest BCUT2D eigenvalue weighted by Gasteiger charge is -2.11. The van der Waals surface area contributed by atoms with Crippen LogP contribution in [0.25, 0.3) is 0 Å². The Hall–Kier alpha value is -2.06. The van der Waals surface area contributed by atoms with Crippen LogP contribution in [0.1, 0.15) is 5.56 Å². The lowest BCUT2D eigenvalue weighted by Crippen LogP contribution is -2.25. The van der Waals surface area contributed by atoms with E-state index in [-0.39, 0.29) is 11.6 Å². The van der Waals surface area contributed by atoms with Gasteiger partial charge in [0.25, 0.3) is 10.0 Å². The average molecular weight is 296 g/mol. The van der Waals surface area contributed by atoms with Crippen LogP contribution < -0.4 is 15.2 Å². The number of nitrogen functional groups attached to an aromatic ring is 1. The number of nitrogens with one attached hydrogen (secondary N) is 1. The van der Waals surface area contributed by atoms with E-state index in [4.69, 9.17) is 10.5 Å². The molecule has 0 unspecified atom stereocenters. The third-order valence-corrected chi connectivity index (χ3v) is 4.28. The van der Waals surface area contributed by atoms with Gasteiger partial charge in [-0.15, -0.1) is 0 Å². The van der Waals surface area contributed by atoms with E-state index in [2.05, 4.69) is 9.82 Å². The lowest BCUT2D eigenvalue weighted by molar-refractivity contribution is 0.409. The van der Waals surface area contributed by atoms with Crippen molar-refractivity contribution in [3.8, 4) is 5.75 Å². The van der Waals surface area contributed by atoms with Crippen molar-refractivity contribution in [3.63, 3.8) is 0 Å². The molecule has 2 rings (SSSR count). The Bertz CT molecular complexity index is 709.